The monoisotopic (exact) mass is 318 g/mol. The van der Waals surface area contributed by atoms with Crippen LogP contribution in [0.5, 0.6) is 5.88 Å². The van der Waals surface area contributed by atoms with Gasteiger partial charge in [-0.25, -0.2) is 15.0 Å². The number of methoxy groups -OCH3 is 2. The smallest absolute Gasteiger partial charge is 0.212 e. The summed E-state index contributed by atoms with van der Waals surface area (Å²) in [5.41, 5.74) is 7.38. The molecule has 1 unspecified atom stereocenters. The summed E-state index contributed by atoms with van der Waals surface area (Å²) in [6.45, 7) is 1.12. The summed E-state index contributed by atoms with van der Waals surface area (Å²) in [6, 6.07) is 3.66. The maximum atomic E-state index is 6.44. The Labute approximate surface area is 135 Å². The van der Waals surface area contributed by atoms with E-state index >= 15 is 0 Å². The molecule has 3 heterocycles. The number of rotatable bonds is 5. The standard InChI is InChI=1S/C15H19N5O2.H3N/c1-21-8-7-12-4-5-13-18-15(16,10-20(13)19-12)11-3-6-14(22-2)17-9-11;/h3-6,9H,7-8,10,16H2,1-2H3;1H3. The molecule has 1 aromatic heterocycles. The normalized spacial score (nSPS) is 22.1. The quantitative estimate of drug-likeness (QED) is 0.837. The third-order valence-corrected chi connectivity index (χ3v) is 3.65. The van der Waals surface area contributed by atoms with E-state index in [0.29, 0.717) is 19.0 Å². The highest BCUT2D eigenvalue weighted by molar-refractivity contribution is 6.06. The zero-order chi connectivity index (χ0) is 15.6. The molecule has 0 bridgehead atoms. The van der Waals surface area contributed by atoms with E-state index in [-0.39, 0.29) is 6.15 Å². The van der Waals surface area contributed by atoms with Gasteiger partial charge >= 0.3 is 0 Å². The lowest BCUT2D eigenvalue weighted by molar-refractivity contribution is 0.207. The second-order valence-electron chi connectivity index (χ2n) is 5.21. The zero-order valence-corrected chi connectivity index (χ0v) is 13.4. The van der Waals surface area contributed by atoms with Crippen molar-refractivity contribution in [2.75, 3.05) is 27.4 Å². The zero-order valence-electron chi connectivity index (χ0n) is 13.4. The number of amidine groups is 1. The number of hydrazone groups is 1. The predicted octanol–water partition coefficient (Wildman–Crippen LogP) is 1.04. The van der Waals surface area contributed by atoms with Gasteiger partial charge in [0.05, 0.1) is 26.0 Å². The Morgan fingerprint density at radius 3 is 2.78 bits per heavy atom. The Bertz CT molecular complexity index is 640. The predicted molar refractivity (Wildman–Crippen MR) is 88.9 cm³/mol. The van der Waals surface area contributed by atoms with E-state index in [2.05, 4.69) is 15.1 Å². The molecule has 2 aliphatic rings. The van der Waals surface area contributed by atoms with E-state index in [1.165, 1.54) is 0 Å². The minimum Gasteiger partial charge on any atom is -0.481 e. The van der Waals surface area contributed by atoms with Gasteiger partial charge in [-0.1, -0.05) is 0 Å². The van der Waals surface area contributed by atoms with Gasteiger partial charge in [-0.15, -0.1) is 0 Å². The Balaban J connectivity index is 0.00000192. The topological polar surface area (TPSA) is 120 Å². The summed E-state index contributed by atoms with van der Waals surface area (Å²) >= 11 is 0. The molecule has 0 spiro atoms. The third-order valence-electron chi connectivity index (χ3n) is 3.65. The number of nitrogens with zero attached hydrogens (tertiary/aromatic N) is 4. The van der Waals surface area contributed by atoms with Crippen molar-refractivity contribution < 1.29 is 9.47 Å². The molecule has 124 valence electrons. The molecule has 0 radical (unpaired) electrons. The Morgan fingerprint density at radius 1 is 1.30 bits per heavy atom. The molecule has 5 N–H and O–H groups in total. The van der Waals surface area contributed by atoms with Crippen LogP contribution >= 0.6 is 0 Å². The average Bonchev–Trinajstić information content (AvgIpc) is 2.89. The highest BCUT2D eigenvalue weighted by Gasteiger charge is 2.38. The lowest BCUT2D eigenvalue weighted by Gasteiger charge is -2.23. The van der Waals surface area contributed by atoms with E-state index < -0.39 is 5.66 Å². The van der Waals surface area contributed by atoms with Crippen LogP contribution in [0.25, 0.3) is 0 Å². The molecular formula is C15H22N6O2. The number of pyridine rings is 1. The molecule has 0 saturated carbocycles. The molecule has 0 saturated heterocycles. The van der Waals surface area contributed by atoms with Crippen molar-refractivity contribution in [1.82, 2.24) is 16.1 Å². The van der Waals surface area contributed by atoms with Gasteiger partial charge in [0.1, 0.15) is 5.84 Å². The molecule has 1 aromatic rings. The third kappa shape index (κ3) is 3.39. The van der Waals surface area contributed by atoms with Gasteiger partial charge in [0.15, 0.2) is 5.66 Å². The molecule has 1 atom stereocenters. The minimum absolute atomic E-state index is 0. The number of allylic oxidation sites excluding steroid dienone is 1. The SMILES string of the molecule is COCCC1=NN2CC(N)(c3ccc(OC)nc3)N=C2C=C1.N. The first-order chi connectivity index (χ1) is 10.6. The highest BCUT2D eigenvalue weighted by Crippen LogP contribution is 2.29. The maximum Gasteiger partial charge on any atom is 0.212 e. The molecule has 2 aliphatic heterocycles. The maximum absolute atomic E-state index is 6.44. The van der Waals surface area contributed by atoms with Crippen LogP contribution < -0.4 is 16.6 Å². The number of nitrogens with two attached hydrogens (primary N) is 1. The van der Waals surface area contributed by atoms with Crippen molar-refractivity contribution in [1.29, 1.82) is 0 Å². The van der Waals surface area contributed by atoms with E-state index in [1.807, 2.05) is 23.2 Å². The highest BCUT2D eigenvalue weighted by atomic mass is 16.5. The van der Waals surface area contributed by atoms with Gasteiger partial charge in [0, 0.05) is 31.4 Å². The largest absolute Gasteiger partial charge is 0.481 e. The average molecular weight is 318 g/mol. The Hall–Kier alpha value is -2.29. The summed E-state index contributed by atoms with van der Waals surface area (Å²) in [7, 11) is 3.26. The van der Waals surface area contributed by atoms with Crippen LogP contribution in [-0.4, -0.2) is 48.9 Å². The van der Waals surface area contributed by atoms with Crippen molar-refractivity contribution in [2.45, 2.75) is 12.1 Å². The van der Waals surface area contributed by atoms with Gasteiger partial charge in [-0.2, -0.15) is 5.10 Å². The van der Waals surface area contributed by atoms with Crippen LogP contribution in [0.4, 0.5) is 0 Å². The molecular weight excluding hydrogens is 296 g/mol. The van der Waals surface area contributed by atoms with Crippen molar-refractivity contribution >= 4 is 11.5 Å². The van der Waals surface area contributed by atoms with E-state index in [9.17, 15) is 0 Å². The first-order valence-corrected chi connectivity index (χ1v) is 7.06. The van der Waals surface area contributed by atoms with Gasteiger partial charge in [-0.3, -0.25) is 0 Å². The van der Waals surface area contributed by atoms with Gasteiger partial charge in [0.2, 0.25) is 5.88 Å². The molecule has 8 nitrogen and oxygen atoms in total. The van der Waals surface area contributed by atoms with Crippen LogP contribution in [0, 0.1) is 0 Å². The first kappa shape index (κ1) is 17.1. The summed E-state index contributed by atoms with van der Waals surface area (Å²) in [5, 5.41) is 6.39. The molecule has 3 rings (SSSR count). The second kappa shape index (κ2) is 6.86. The van der Waals surface area contributed by atoms with Crippen molar-refractivity contribution in [2.24, 2.45) is 15.8 Å². The Morgan fingerprint density at radius 2 is 2.13 bits per heavy atom. The van der Waals surface area contributed by atoms with Crippen LogP contribution in [-0.2, 0) is 10.4 Å². The van der Waals surface area contributed by atoms with Crippen LogP contribution in [0.3, 0.4) is 0 Å². The fourth-order valence-electron chi connectivity index (χ4n) is 2.43. The minimum atomic E-state index is -0.848. The molecule has 0 fully saturated rings. The molecule has 8 heteroatoms. The van der Waals surface area contributed by atoms with Crippen molar-refractivity contribution in [3.05, 3.63) is 36.0 Å². The summed E-state index contributed by atoms with van der Waals surface area (Å²) < 4.78 is 10.1. The number of aliphatic imine (C=N–C) groups is 1. The summed E-state index contributed by atoms with van der Waals surface area (Å²) in [5.74, 6) is 1.31. The number of aromatic nitrogens is 1. The number of hydrogen-bond donors (Lipinski definition) is 2. The second-order valence-corrected chi connectivity index (χ2v) is 5.21. The lowest BCUT2D eigenvalue weighted by atomic mass is 10.0. The molecule has 0 aromatic carbocycles. The fourth-order valence-corrected chi connectivity index (χ4v) is 2.43. The fraction of sp³-hybridized carbons (Fsp3) is 0.400. The van der Waals surface area contributed by atoms with Crippen molar-refractivity contribution in [3.8, 4) is 5.88 Å². The molecule has 23 heavy (non-hydrogen) atoms. The summed E-state index contributed by atoms with van der Waals surface area (Å²) in [4.78, 5) is 8.80. The Kier molecular flexibility index (Phi) is 5.09. The molecule has 0 aliphatic carbocycles. The van der Waals surface area contributed by atoms with Crippen LogP contribution in [0.15, 0.2) is 40.6 Å². The van der Waals surface area contributed by atoms with Crippen LogP contribution in [0.1, 0.15) is 12.0 Å². The number of hydrogen-bond acceptors (Lipinski definition) is 8. The number of ether oxygens (including phenoxy) is 2. The summed E-state index contributed by atoms with van der Waals surface area (Å²) in [6.07, 6.45) is 6.34. The number of fused-ring (bicyclic) bond motifs is 1. The van der Waals surface area contributed by atoms with Crippen molar-refractivity contribution in [3.63, 3.8) is 0 Å². The molecule has 0 amide bonds. The van der Waals surface area contributed by atoms with Crippen LogP contribution in [0.2, 0.25) is 0 Å². The first-order valence-electron chi connectivity index (χ1n) is 7.06. The lowest BCUT2D eigenvalue weighted by Crippen LogP contribution is -2.40. The van der Waals surface area contributed by atoms with E-state index in [0.717, 1.165) is 23.5 Å². The van der Waals surface area contributed by atoms with Gasteiger partial charge < -0.3 is 21.4 Å². The van der Waals surface area contributed by atoms with Gasteiger partial charge in [-0.05, 0) is 18.2 Å². The van der Waals surface area contributed by atoms with Gasteiger partial charge in [0.25, 0.3) is 0 Å². The van der Waals surface area contributed by atoms with E-state index in [4.69, 9.17) is 15.2 Å². The van der Waals surface area contributed by atoms with E-state index in [1.54, 1.807) is 26.5 Å².